The fourth-order valence-electron chi connectivity index (χ4n) is 8.26. The van der Waals surface area contributed by atoms with E-state index in [1.807, 2.05) is 0 Å². The molecule has 1 aromatic rings. The largest absolute Gasteiger partial charge is 0.0891 e. The molecule has 0 saturated heterocycles. The van der Waals surface area contributed by atoms with E-state index in [4.69, 9.17) is 11.6 Å². The predicted octanol–water partition coefficient (Wildman–Crippen LogP) is 8.00. The molecule has 5 aliphatic rings. The maximum Gasteiger partial charge on any atom is 0.0277 e. The zero-order chi connectivity index (χ0) is 20.7. The molecule has 5 aliphatic carbocycles. The van der Waals surface area contributed by atoms with Crippen LogP contribution < -0.4 is 0 Å². The van der Waals surface area contributed by atoms with Gasteiger partial charge in [0.05, 0.1) is 0 Å². The molecule has 0 nitrogen and oxygen atoms in total. The molecule has 0 radical (unpaired) electrons. The van der Waals surface area contributed by atoms with Crippen molar-refractivity contribution in [1.82, 2.24) is 0 Å². The summed E-state index contributed by atoms with van der Waals surface area (Å²) < 4.78 is 0. The summed E-state index contributed by atoms with van der Waals surface area (Å²) in [5.74, 6) is 2.59. The average Bonchev–Trinajstić information content (AvgIpc) is 3.02. The summed E-state index contributed by atoms with van der Waals surface area (Å²) in [6.07, 6.45) is 17.1. The minimum atomic E-state index is 0.131. The van der Waals surface area contributed by atoms with Gasteiger partial charge >= 0.3 is 0 Å². The van der Waals surface area contributed by atoms with E-state index in [0.717, 1.165) is 23.3 Å². The van der Waals surface area contributed by atoms with Gasteiger partial charge in [-0.05, 0) is 77.2 Å². The van der Waals surface area contributed by atoms with Crippen LogP contribution in [0.15, 0.2) is 70.3 Å². The molecular formula is C29H33Cl. The summed E-state index contributed by atoms with van der Waals surface area (Å²) in [5.41, 5.74) is 8.47. The monoisotopic (exact) mass is 416 g/mol. The van der Waals surface area contributed by atoms with E-state index in [2.05, 4.69) is 69.3 Å². The van der Waals surface area contributed by atoms with Crippen molar-refractivity contribution in [3.63, 3.8) is 0 Å². The van der Waals surface area contributed by atoms with Crippen molar-refractivity contribution >= 4 is 11.6 Å². The lowest BCUT2D eigenvalue weighted by Crippen LogP contribution is -2.56. The van der Waals surface area contributed by atoms with Crippen LogP contribution in [0.3, 0.4) is 0 Å². The van der Waals surface area contributed by atoms with Crippen LogP contribution in [0.2, 0.25) is 0 Å². The Morgan fingerprint density at radius 2 is 1.67 bits per heavy atom. The van der Waals surface area contributed by atoms with Gasteiger partial charge in [0.1, 0.15) is 0 Å². The van der Waals surface area contributed by atoms with Crippen LogP contribution in [-0.2, 0) is 10.8 Å². The lowest BCUT2D eigenvalue weighted by molar-refractivity contribution is 0.0496. The minimum Gasteiger partial charge on any atom is -0.0891 e. The van der Waals surface area contributed by atoms with Crippen molar-refractivity contribution in [1.29, 1.82) is 0 Å². The molecule has 0 amide bonds. The maximum atomic E-state index is 6.75. The van der Waals surface area contributed by atoms with Crippen LogP contribution in [0.5, 0.6) is 0 Å². The SMILES string of the molecule is CC1C=CC2=C(C1)C1(c3ccccc3C(C)(C)C3CCCCC31)C1CC(Cl)=CC=C21. The van der Waals surface area contributed by atoms with E-state index in [-0.39, 0.29) is 10.8 Å². The average molecular weight is 417 g/mol. The number of hydrogen-bond donors (Lipinski definition) is 0. The molecule has 5 atom stereocenters. The van der Waals surface area contributed by atoms with E-state index < -0.39 is 0 Å². The van der Waals surface area contributed by atoms with E-state index in [0.29, 0.717) is 11.8 Å². The Morgan fingerprint density at radius 1 is 0.933 bits per heavy atom. The zero-order valence-electron chi connectivity index (χ0n) is 18.5. The molecule has 1 saturated carbocycles. The molecule has 30 heavy (non-hydrogen) atoms. The van der Waals surface area contributed by atoms with Gasteiger partial charge in [0.2, 0.25) is 0 Å². The highest BCUT2D eigenvalue weighted by Gasteiger charge is 2.63. The molecule has 0 aromatic heterocycles. The molecule has 1 fully saturated rings. The maximum absolute atomic E-state index is 6.75. The van der Waals surface area contributed by atoms with Gasteiger partial charge in [0.15, 0.2) is 0 Å². The summed E-state index contributed by atoms with van der Waals surface area (Å²) in [5, 5.41) is 1.04. The van der Waals surface area contributed by atoms with Crippen LogP contribution >= 0.6 is 11.6 Å². The van der Waals surface area contributed by atoms with E-state index in [1.54, 1.807) is 27.8 Å². The van der Waals surface area contributed by atoms with Gasteiger partial charge in [-0.2, -0.15) is 0 Å². The Labute approximate surface area is 186 Å². The molecule has 0 N–H and O–H groups in total. The fourth-order valence-corrected chi connectivity index (χ4v) is 8.48. The van der Waals surface area contributed by atoms with Gasteiger partial charge in [0.25, 0.3) is 0 Å². The number of halogens is 1. The third kappa shape index (κ3) is 2.30. The molecule has 5 unspecified atom stereocenters. The van der Waals surface area contributed by atoms with Gasteiger partial charge < -0.3 is 0 Å². The highest BCUT2D eigenvalue weighted by molar-refractivity contribution is 6.29. The molecule has 0 heterocycles. The Balaban J connectivity index is 1.70. The predicted molar refractivity (Wildman–Crippen MR) is 127 cm³/mol. The normalized spacial score (nSPS) is 38.4. The summed E-state index contributed by atoms with van der Waals surface area (Å²) in [6.45, 7) is 7.45. The highest BCUT2D eigenvalue weighted by atomic mass is 35.5. The molecule has 156 valence electrons. The highest BCUT2D eigenvalue weighted by Crippen LogP contribution is 2.69. The van der Waals surface area contributed by atoms with E-state index >= 15 is 0 Å². The van der Waals surface area contributed by atoms with Crippen LogP contribution in [0, 0.1) is 23.7 Å². The van der Waals surface area contributed by atoms with Crippen LogP contribution in [-0.4, -0.2) is 0 Å². The number of benzene rings is 1. The van der Waals surface area contributed by atoms with Crippen molar-refractivity contribution in [2.45, 2.75) is 70.1 Å². The minimum absolute atomic E-state index is 0.131. The third-order valence-corrected chi connectivity index (χ3v) is 9.65. The Kier molecular flexibility index (Phi) is 4.15. The Bertz CT molecular complexity index is 1030. The van der Waals surface area contributed by atoms with E-state index in [9.17, 15) is 0 Å². The lowest BCUT2D eigenvalue weighted by atomic mass is 9.43. The molecule has 1 aromatic carbocycles. The molecule has 0 bridgehead atoms. The van der Waals surface area contributed by atoms with Crippen molar-refractivity contribution < 1.29 is 0 Å². The summed E-state index contributed by atoms with van der Waals surface area (Å²) in [4.78, 5) is 0. The second-order valence-corrected chi connectivity index (χ2v) is 11.5. The van der Waals surface area contributed by atoms with Crippen LogP contribution in [0.4, 0.5) is 0 Å². The van der Waals surface area contributed by atoms with Crippen molar-refractivity contribution in [2.75, 3.05) is 0 Å². The second kappa shape index (κ2) is 6.49. The third-order valence-electron chi connectivity index (χ3n) is 9.37. The summed E-state index contributed by atoms with van der Waals surface area (Å²) in [6, 6.07) is 9.51. The number of allylic oxidation sites excluding steroid dienone is 8. The van der Waals surface area contributed by atoms with Gasteiger partial charge in [-0.25, -0.2) is 0 Å². The van der Waals surface area contributed by atoms with Crippen molar-refractivity contribution in [3.05, 3.63) is 81.4 Å². The molecule has 1 heteroatoms. The first-order chi connectivity index (χ1) is 14.5. The Hall–Kier alpha value is -1.53. The molecule has 6 rings (SSSR count). The van der Waals surface area contributed by atoms with E-state index in [1.165, 1.54) is 32.1 Å². The first-order valence-electron chi connectivity index (χ1n) is 12.0. The first kappa shape index (κ1) is 19.2. The lowest BCUT2D eigenvalue weighted by Gasteiger charge is -2.60. The second-order valence-electron chi connectivity index (χ2n) is 11.1. The smallest absolute Gasteiger partial charge is 0.0277 e. The Morgan fingerprint density at radius 3 is 2.47 bits per heavy atom. The first-order valence-corrected chi connectivity index (χ1v) is 12.4. The number of rotatable bonds is 0. The van der Waals surface area contributed by atoms with Gasteiger partial charge in [0, 0.05) is 16.4 Å². The van der Waals surface area contributed by atoms with Crippen molar-refractivity contribution in [3.8, 4) is 0 Å². The van der Waals surface area contributed by atoms with Gasteiger partial charge in [-0.15, -0.1) is 0 Å². The molecule has 0 aliphatic heterocycles. The number of hydrogen-bond acceptors (Lipinski definition) is 0. The quantitative estimate of drug-likeness (QED) is 0.401. The zero-order valence-corrected chi connectivity index (χ0v) is 19.3. The van der Waals surface area contributed by atoms with Gasteiger partial charge in [-0.3, -0.25) is 0 Å². The van der Waals surface area contributed by atoms with Gasteiger partial charge in [-0.1, -0.05) is 93.3 Å². The summed E-state index contributed by atoms with van der Waals surface area (Å²) in [7, 11) is 0. The topological polar surface area (TPSA) is 0 Å². The molecule has 1 spiro atoms. The number of fused-ring (bicyclic) bond motifs is 8. The fraction of sp³-hybridized carbons (Fsp3) is 0.517. The summed E-state index contributed by atoms with van der Waals surface area (Å²) >= 11 is 6.75. The molecular weight excluding hydrogens is 384 g/mol. The van der Waals surface area contributed by atoms with Crippen LogP contribution in [0.25, 0.3) is 0 Å². The standard InChI is InChI=1S/C29H33Cl/c1-18-12-14-20-21-15-13-19(30)17-27(21)29(26(20)16-18)24-10-6-4-8-22(24)28(2,3)23-9-5-7-11-25(23)29/h4,6,8,10,12-15,18,23,25,27H,5,7,9,11,16-17H2,1-3H3. The van der Waals surface area contributed by atoms with Crippen molar-refractivity contribution in [2.24, 2.45) is 23.7 Å². The van der Waals surface area contributed by atoms with Crippen LogP contribution in [0.1, 0.15) is 70.4 Å².